The van der Waals surface area contributed by atoms with Crippen molar-refractivity contribution in [3.05, 3.63) is 59.1 Å². The normalized spacial score (nSPS) is 16.8. The highest BCUT2D eigenvalue weighted by molar-refractivity contribution is 7.93. The number of benzene rings is 2. The number of nitrogens with zero attached hydrogens (tertiary/aromatic N) is 1. The van der Waals surface area contributed by atoms with Crippen LogP contribution in [0.5, 0.6) is 5.75 Å². The van der Waals surface area contributed by atoms with Crippen LogP contribution in [0, 0.1) is 0 Å². The van der Waals surface area contributed by atoms with Crippen molar-refractivity contribution in [3.63, 3.8) is 0 Å². The molecule has 1 N–H and O–H groups in total. The molecular weight excluding hydrogens is 436 g/mol. The van der Waals surface area contributed by atoms with E-state index in [2.05, 4.69) is 5.32 Å². The number of rotatable bonds is 8. The first-order valence-corrected chi connectivity index (χ1v) is 12.2. The van der Waals surface area contributed by atoms with Gasteiger partial charge in [-0.3, -0.25) is 4.79 Å². The zero-order chi connectivity index (χ0) is 22.6. The minimum Gasteiger partial charge on any atom is -0.496 e. The average molecular weight is 465 g/mol. The number of carbonyl (C=O) groups is 1. The van der Waals surface area contributed by atoms with Crippen LogP contribution in [-0.4, -0.2) is 51.7 Å². The SMILES string of the molecule is COc1ccccc1C(CNC(=O)C1(S(=O)(=O)c2ccc(Cl)cc2)CCCC1)N(C)C. The van der Waals surface area contributed by atoms with E-state index in [1.807, 2.05) is 43.3 Å². The largest absolute Gasteiger partial charge is 0.496 e. The van der Waals surface area contributed by atoms with Crippen LogP contribution in [0.4, 0.5) is 0 Å². The lowest BCUT2D eigenvalue weighted by atomic mass is 10.0. The maximum Gasteiger partial charge on any atom is 0.241 e. The van der Waals surface area contributed by atoms with Gasteiger partial charge in [-0.05, 0) is 57.3 Å². The number of amides is 1. The van der Waals surface area contributed by atoms with Gasteiger partial charge in [0, 0.05) is 17.1 Å². The fourth-order valence-electron chi connectivity index (χ4n) is 4.27. The van der Waals surface area contributed by atoms with Crippen LogP contribution < -0.4 is 10.1 Å². The van der Waals surface area contributed by atoms with Gasteiger partial charge in [-0.15, -0.1) is 0 Å². The summed E-state index contributed by atoms with van der Waals surface area (Å²) in [5.41, 5.74) is 0.927. The molecule has 1 aliphatic rings. The molecule has 6 nitrogen and oxygen atoms in total. The fraction of sp³-hybridized carbons (Fsp3) is 0.435. The maximum atomic E-state index is 13.5. The summed E-state index contributed by atoms with van der Waals surface area (Å²) in [5, 5.41) is 3.40. The lowest BCUT2D eigenvalue weighted by molar-refractivity contribution is -0.123. The van der Waals surface area contributed by atoms with Crippen molar-refractivity contribution < 1.29 is 17.9 Å². The molecule has 2 aromatic carbocycles. The van der Waals surface area contributed by atoms with Gasteiger partial charge in [-0.1, -0.05) is 42.6 Å². The number of likely N-dealkylation sites (N-methyl/N-ethyl adjacent to an activating group) is 1. The quantitative estimate of drug-likeness (QED) is 0.642. The van der Waals surface area contributed by atoms with Crippen LogP contribution >= 0.6 is 11.6 Å². The van der Waals surface area contributed by atoms with Crippen molar-refractivity contribution in [1.29, 1.82) is 0 Å². The summed E-state index contributed by atoms with van der Waals surface area (Å²) in [6.45, 7) is 0.268. The van der Waals surface area contributed by atoms with Crippen LogP contribution in [0.25, 0.3) is 0 Å². The molecule has 1 fully saturated rings. The number of para-hydroxylation sites is 1. The number of nitrogens with one attached hydrogen (secondary N) is 1. The molecule has 0 aliphatic heterocycles. The Balaban J connectivity index is 1.87. The third-order valence-electron chi connectivity index (χ3n) is 6.04. The Morgan fingerprint density at radius 3 is 2.32 bits per heavy atom. The molecule has 2 aromatic rings. The molecule has 0 spiro atoms. The Hall–Kier alpha value is -2.09. The summed E-state index contributed by atoms with van der Waals surface area (Å²) in [6.07, 6.45) is 2.02. The molecular formula is C23H29ClN2O4S. The van der Waals surface area contributed by atoms with Crippen molar-refractivity contribution in [2.45, 2.75) is 41.4 Å². The van der Waals surface area contributed by atoms with Crippen LogP contribution in [0.1, 0.15) is 37.3 Å². The molecule has 0 radical (unpaired) electrons. The molecule has 1 amide bonds. The van der Waals surface area contributed by atoms with Gasteiger partial charge in [0.1, 0.15) is 5.75 Å². The standard InChI is InChI=1S/C23H29ClN2O4S/c1-26(2)20(19-8-4-5-9-21(19)30-3)16-25-22(27)23(14-6-7-15-23)31(28,29)18-12-10-17(24)11-13-18/h4-5,8-13,20H,6-7,14-16H2,1-3H3,(H,25,27). The molecule has 1 aliphatic carbocycles. The summed E-state index contributed by atoms with van der Waals surface area (Å²) >= 11 is 5.93. The molecule has 0 heterocycles. The lowest BCUT2D eigenvalue weighted by Crippen LogP contribution is -2.52. The summed E-state index contributed by atoms with van der Waals surface area (Å²) in [7, 11) is 1.57. The topological polar surface area (TPSA) is 75.7 Å². The minimum atomic E-state index is -3.87. The van der Waals surface area contributed by atoms with Crippen molar-refractivity contribution in [1.82, 2.24) is 10.2 Å². The van der Waals surface area contributed by atoms with Gasteiger partial charge in [-0.25, -0.2) is 8.42 Å². The number of methoxy groups -OCH3 is 1. The van der Waals surface area contributed by atoms with Gasteiger partial charge in [0.05, 0.1) is 18.0 Å². The molecule has 31 heavy (non-hydrogen) atoms. The smallest absolute Gasteiger partial charge is 0.241 e. The molecule has 8 heteroatoms. The Kier molecular flexibility index (Phi) is 7.29. The van der Waals surface area contributed by atoms with E-state index < -0.39 is 20.5 Å². The second-order valence-corrected chi connectivity index (χ2v) is 10.8. The zero-order valence-electron chi connectivity index (χ0n) is 18.1. The van der Waals surface area contributed by atoms with Crippen LogP contribution in [0.15, 0.2) is 53.4 Å². The first-order chi connectivity index (χ1) is 14.7. The Morgan fingerprint density at radius 2 is 1.74 bits per heavy atom. The maximum absolute atomic E-state index is 13.5. The van der Waals surface area contributed by atoms with E-state index >= 15 is 0 Å². The summed E-state index contributed by atoms with van der Waals surface area (Å²) in [5.74, 6) is 0.279. The van der Waals surface area contributed by atoms with E-state index in [1.165, 1.54) is 12.1 Å². The van der Waals surface area contributed by atoms with Gasteiger partial charge < -0.3 is 15.0 Å². The zero-order valence-corrected chi connectivity index (χ0v) is 19.7. The second-order valence-electron chi connectivity index (χ2n) is 8.09. The molecule has 3 rings (SSSR count). The molecule has 0 saturated heterocycles. The average Bonchev–Trinajstić information content (AvgIpc) is 3.26. The van der Waals surface area contributed by atoms with Crippen molar-refractivity contribution in [3.8, 4) is 5.75 Å². The van der Waals surface area contributed by atoms with E-state index in [0.29, 0.717) is 30.7 Å². The Labute approximate surface area is 189 Å². The van der Waals surface area contributed by atoms with Gasteiger partial charge in [-0.2, -0.15) is 0 Å². The monoisotopic (exact) mass is 464 g/mol. The van der Waals surface area contributed by atoms with Crippen LogP contribution in [-0.2, 0) is 14.6 Å². The first kappa shape index (κ1) is 23.6. The van der Waals surface area contributed by atoms with Gasteiger partial charge in [0.25, 0.3) is 0 Å². The molecule has 168 valence electrons. The molecule has 1 unspecified atom stereocenters. The predicted molar refractivity (Wildman–Crippen MR) is 122 cm³/mol. The Morgan fingerprint density at radius 1 is 1.13 bits per heavy atom. The number of carbonyl (C=O) groups excluding carboxylic acids is 1. The van der Waals surface area contributed by atoms with Crippen molar-refractivity contribution in [2.24, 2.45) is 0 Å². The van der Waals surface area contributed by atoms with Gasteiger partial charge in [0.2, 0.25) is 5.91 Å². The Bertz CT molecular complexity index is 1020. The highest BCUT2D eigenvalue weighted by atomic mass is 35.5. The fourth-order valence-corrected chi connectivity index (χ4v) is 6.48. The predicted octanol–water partition coefficient (Wildman–Crippen LogP) is 3.85. The minimum absolute atomic E-state index is 0.128. The lowest BCUT2D eigenvalue weighted by Gasteiger charge is -2.31. The van der Waals surface area contributed by atoms with Crippen LogP contribution in [0.3, 0.4) is 0 Å². The van der Waals surface area contributed by atoms with E-state index in [1.54, 1.807) is 19.2 Å². The van der Waals surface area contributed by atoms with Gasteiger partial charge in [0.15, 0.2) is 14.6 Å². The third-order valence-corrected chi connectivity index (χ3v) is 8.81. The van der Waals surface area contributed by atoms with E-state index in [0.717, 1.165) is 11.3 Å². The summed E-state index contributed by atoms with van der Waals surface area (Å²) in [6, 6.07) is 13.5. The molecule has 0 aromatic heterocycles. The second kappa shape index (κ2) is 9.59. The van der Waals surface area contributed by atoms with E-state index in [4.69, 9.17) is 16.3 Å². The number of ether oxygens (including phenoxy) is 1. The number of halogens is 1. The summed E-state index contributed by atoms with van der Waals surface area (Å²) in [4.78, 5) is 15.5. The van der Waals surface area contributed by atoms with Gasteiger partial charge >= 0.3 is 0 Å². The highest BCUT2D eigenvalue weighted by Gasteiger charge is 2.52. The molecule has 1 atom stereocenters. The summed E-state index contributed by atoms with van der Waals surface area (Å²) < 4.78 is 31.1. The van der Waals surface area contributed by atoms with E-state index in [9.17, 15) is 13.2 Å². The number of sulfone groups is 1. The molecule has 1 saturated carbocycles. The van der Waals surface area contributed by atoms with E-state index in [-0.39, 0.29) is 17.5 Å². The first-order valence-electron chi connectivity index (χ1n) is 10.3. The number of hydrogen-bond acceptors (Lipinski definition) is 5. The van der Waals surface area contributed by atoms with Crippen molar-refractivity contribution in [2.75, 3.05) is 27.7 Å². The highest BCUT2D eigenvalue weighted by Crippen LogP contribution is 2.41. The number of hydrogen-bond donors (Lipinski definition) is 1. The molecule has 0 bridgehead atoms. The third kappa shape index (κ3) is 4.59. The van der Waals surface area contributed by atoms with Crippen LogP contribution in [0.2, 0.25) is 5.02 Å². The van der Waals surface area contributed by atoms with Crippen molar-refractivity contribution >= 4 is 27.3 Å².